The molecule has 2 aromatic rings. The van der Waals surface area contributed by atoms with Gasteiger partial charge in [0.25, 0.3) is 5.91 Å². The Morgan fingerprint density at radius 3 is 2.52 bits per heavy atom. The van der Waals surface area contributed by atoms with Crippen molar-refractivity contribution in [1.29, 1.82) is 0 Å². The first-order valence-electron chi connectivity index (χ1n) is 5.84. The molecule has 1 amide bonds. The van der Waals surface area contributed by atoms with E-state index in [1.165, 1.54) is 36.4 Å². The summed E-state index contributed by atoms with van der Waals surface area (Å²) in [5, 5.41) is 2.41. The Kier molecular flexibility index (Phi) is 4.29. The fraction of sp³-hybridized carbons (Fsp3) is 0.0714. The molecule has 1 N–H and O–H groups in total. The van der Waals surface area contributed by atoms with Gasteiger partial charge >= 0.3 is 0 Å². The normalized spacial score (nSPS) is 11.2. The zero-order valence-electron chi connectivity index (χ0n) is 10.9. The van der Waals surface area contributed by atoms with Crippen LogP contribution in [0.3, 0.4) is 0 Å². The molecule has 7 heteroatoms. The second kappa shape index (κ2) is 5.83. The molecular formula is C14H11ClFNO3S. The van der Waals surface area contributed by atoms with E-state index in [1.807, 2.05) is 0 Å². The summed E-state index contributed by atoms with van der Waals surface area (Å²) in [6.45, 7) is 0. The minimum Gasteiger partial charge on any atom is -0.322 e. The number of nitrogens with one attached hydrogen (secondary N) is 1. The first-order valence-corrected chi connectivity index (χ1v) is 8.11. The Morgan fingerprint density at radius 1 is 1.19 bits per heavy atom. The fourth-order valence-electron chi connectivity index (χ4n) is 1.65. The maximum Gasteiger partial charge on any atom is 0.255 e. The molecule has 0 aliphatic rings. The number of halogens is 2. The van der Waals surface area contributed by atoms with Gasteiger partial charge in [0.1, 0.15) is 5.82 Å². The number of amides is 1. The monoisotopic (exact) mass is 327 g/mol. The predicted molar refractivity (Wildman–Crippen MR) is 78.9 cm³/mol. The van der Waals surface area contributed by atoms with Crippen molar-refractivity contribution >= 4 is 33.0 Å². The van der Waals surface area contributed by atoms with Crippen LogP contribution in [0.25, 0.3) is 0 Å². The lowest BCUT2D eigenvalue weighted by Crippen LogP contribution is -2.12. The molecule has 0 saturated heterocycles. The SMILES string of the molecule is CS(=O)(=O)c1cccc(C(=O)Nc2ccc(F)c(Cl)c2)c1. The fourth-order valence-corrected chi connectivity index (χ4v) is 2.49. The molecule has 0 spiro atoms. The number of hydrogen-bond donors (Lipinski definition) is 1. The van der Waals surface area contributed by atoms with Gasteiger partial charge in [-0.25, -0.2) is 12.8 Å². The minimum absolute atomic E-state index is 0.0484. The molecule has 4 nitrogen and oxygen atoms in total. The number of rotatable bonds is 3. The summed E-state index contributed by atoms with van der Waals surface area (Å²) in [6.07, 6.45) is 1.06. The maximum atomic E-state index is 13.0. The van der Waals surface area contributed by atoms with Gasteiger partial charge in [-0.05, 0) is 36.4 Å². The highest BCUT2D eigenvalue weighted by atomic mass is 35.5. The maximum absolute atomic E-state index is 13.0. The van der Waals surface area contributed by atoms with Crippen molar-refractivity contribution in [2.24, 2.45) is 0 Å². The van der Waals surface area contributed by atoms with Gasteiger partial charge in [0.15, 0.2) is 9.84 Å². The van der Waals surface area contributed by atoms with E-state index in [-0.39, 0.29) is 15.5 Å². The van der Waals surface area contributed by atoms with E-state index in [1.54, 1.807) is 0 Å². The van der Waals surface area contributed by atoms with Crippen LogP contribution in [0.15, 0.2) is 47.4 Å². The summed E-state index contributed by atoms with van der Waals surface area (Å²) >= 11 is 5.62. The molecule has 0 radical (unpaired) electrons. The van der Waals surface area contributed by atoms with E-state index < -0.39 is 21.6 Å². The van der Waals surface area contributed by atoms with Crippen LogP contribution in [-0.2, 0) is 9.84 Å². The molecule has 0 heterocycles. The van der Waals surface area contributed by atoms with Crippen LogP contribution < -0.4 is 5.32 Å². The summed E-state index contributed by atoms with van der Waals surface area (Å²) in [4.78, 5) is 12.1. The van der Waals surface area contributed by atoms with Crippen molar-refractivity contribution in [3.8, 4) is 0 Å². The lowest BCUT2D eigenvalue weighted by atomic mass is 10.2. The average Bonchev–Trinajstić information content (AvgIpc) is 2.42. The Morgan fingerprint density at radius 2 is 1.90 bits per heavy atom. The van der Waals surface area contributed by atoms with Crippen molar-refractivity contribution in [2.75, 3.05) is 11.6 Å². The molecule has 0 atom stereocenters. The van der Waals surface area contributed by atoms with Crippen molar-refractivity contribution in [3.05, 3.63) is 58.9 Å². The zero-order valence-corrected chi connectivity index (χ0v) is 12.5. The largest absolute Gasteiger partial charge is 0.322 e. The summed E-state index contributed by atoms with van der Waals surface area (Å²) in [5.74, 6) is -1.10. The molecule has 0 unspecified atom stereocenters. The van der Waals surface area contributed by atoms with Crippen molar-refractivity contribution < 1.29 is 17.6 Å². The van der Waals surface area contributed by atoms with Crippen LogP contribution >= 0.6 is 11.6 Å². The second-order valence-electron chi connectivity index (χ2n) is 4.38. The third-order valence-corrected chi connectivity index (χ3v) is 4.10. The summed E-state index contributed by atoms with van der Waals surface area (Å²) in [7, 11) is -3.39. The molecule has 2 aromatic carbocycles. The van der Waals surface area contributed by atoms with Gasteiger partial charge in [0.2, 0.25) is 0 Å². The van der Waals surface area contributed by atoms with E-state index in [4.69, 9.17) is 11.6 Å². The van der Waals surface area contributed by atoms with Crippen LogP contribution in [0.5, 0.6) is 0 Å². The molecule has 21 heavy (non-hydrogen) atoms. The third kappa shape index (κ3) is 3.80. The average molecular weight is 328 g/mol. The molecular weight excluding hydrogens is 317 g/mol. The number of hydrogen-bond acceptors (Lipinski definition) is 3. The van der Waals surface area contributed by atoms with Gasteiger partial charge in [-0.1, -0.05) is 17.7 Å². The predicted octanol–water partition coefficient (Wildman–Crippen LogP) is 3.13. The number of carbonyl (C=O) groups is 1. The lowest BCUT2D eigenvalue weighted by molar-refractivity contribution is 0.102. The Bertz CT molecular complexity index is 806. The molecule has 0 aliphatic heterocycles. The topological polar surface area (TPSA) is 63.2 Å². The summed E-state index contributed by atoms with van der Waals surface area (Å²) < 4.78 is 35.9. The highest BCUT2D eigenvalue weighted by Gasteiger charge is 2.12. The Balaban J connectivity index is 2.26. The van der Waals surface area contributed by atoms with Crippen molar-refractivity contribution in [1.82, 2.24) is 0 Å². The Hall–Kier alpha value is -1.92. The molecule has 110 valence electrons. The van der Waals surface area contributed by atoms with Gasteiger partial charge in [-0.3, -0.25) is 4.79 Å². The highest BCUT2D eigenvalue weighted by Crippen LogP contribution is 2.20. The number of sulfone groups is 1. The van der Waals surface area contributed by atoms with E-state index in [9.17, 15) is 17.6 Å². The van der Waals surface area contributed by atoms with E-state index in [2.05, 4.69) is 5.32 Å². The van der Waals surface area contributed by atoms with Crippen LogP contribution in [0.4, 0.5) is 10.1 Å². The first-order chi connectivity index (χ1) is 9.77. The van der Waals surface area contributed by atoms with E-state index >= 15 is 0 Å². The van der Waals surface area contributed by atoms with E-state index in [0.717, 1.165) is 12.3 Å². The lowest BCUT2D eigenvalue weighted by Gasteiger charge is -2.07. The van der Waals surface area contributed by atoms with Crippen LogP contribution in [0, 0.1) is 5.82 Å². The van der Waals surface area contributed by atoms with Gasteiger partial charge < -0.3 is 5.32 Å². The smallest absolute Gasteiger partial charge is 0.255 e. The van der Waals surface area contributed by atoms with Crippen LogP contribution in [-0.4, -0.2) is 20.6 Å². The standard InChI is InChI=1S/C14H11ClFNO3S/c1-21(19,20)11-4-2-3-9(7-11)14(18)17-10-5-6-13(16)12(15)8-10/h2-8H,1H3,(H,17,18). The molecule has 0 aromatic heterocycles. The third-order valence-electron chi connectivity index (χ3n) is 2.70. The zero-order chi connectivity index (χ0) is 15.6. The van der Waals surface area contributed by atoms with Gasteiger partial charge in [0.05, 0.1) is 9.92 Å². The first kappa shape index (κ1) is 15.5. The number of anilines is 1. The molecule has 0 aliphatic carbocycles. The van der Waals surface area contributed by atoms with Crippen molar-refractivity contribution in [3.63, 3.8) is 0 Å². The van der Waals surface area contributed by atoms with Crippen molar-refractivity contribution in [2.45, 2.75) is 4.90 Å². The molecule has 0 saturated carbocycles. The number of carbonyl (C=O) groups excluding carboxylic acids is 1. The highest BCUT2D eigenvalue weighted by molar-refractivity contribution is 7.90. The summed E-state index contributed by atoms with van der Waals surface area (Å²) in [5.41, 5.74) is 0.495. The van der Waals surface area contributed by atoms with Crippen LogP contribution in [0.1, 0.15) is 10.4 Å². The Labute approximate surface area is 126 Å². The molecule has 0 fully saturated rings. The second-order valence-corrected chi connectivity index (χ2v) is 6.81. The van der Waals surface area contributed by atoms with Gasteiger partial charge in [0, 0.05) is 17.5 Å². The van der Waals surface area contributed by atoms with E-state index in [0.29, 0.717) is 5.69 Å². The summed E-state index contributed by atoms with van der Waals surface area (Å²) in [6, 6.07) is 9.40. The van der Waals surface area contributed by atoms with Gasteiger partial charge in [-0.15, -0.1) is 0 Å². The quantitative estimate of drug-likeness (QED) is 0.942. The minimum atomic E-state index is -3.39. The van der Waals surface area contributed by atoms with Gasteiger partial charge in [-0.2, -0.15) is 0 Å². The molecule has 0 bridgehead atoms. The van der Waals surface area contributed by atoms with Crippen LogP contribution in [0.2, 0.25) is 5.02 Å². The molecule has 2 rings (SSSR count). The number of benzene rings is 2.